The van der Waals surface area contributed by atoms with E-state index >= 15 is 0 Å². The summed E-state index contributed by atoms with van der Waals surface area (Å²) in [5.74, 6) is 2.05. The van der Waals surface area contributed by atoms with Crippen molar-refractivity contribution in [3.63, 3.8) is 0 Å². The fourth-order valence-corrected chi connectivity index (χ4v) is 3.16. The highest BCUT2D eigenvalue weighted by Crippen LogP contribution is 2.34. The van der Waals surface area contributed by atoms with E-state index in [-0.39, 0.29) is 0 Å². The van der Waals surface area contributed by atoms with Gasteiger partial charge < -0.3 is 14.9 Å². The molecule has 1 aromatic heterocycles. The lowest BCUT2D eigenvalue weighted by Gasteiger charge is -2.15. The van der Waals surface area contributed by atoms with Crippen LogP contribution in [0, 0.1) is 11.7 Å². The summed E-state index contributed by atoms with van der Waals surface area (Å²) in [6.07, 6.45) is 0.753. The van der Waals surface area contributed by atoms with E-state index in [1.807, 2.05) is 25.1 Å². The number of H-pyrrole nitrogens is 1. The quantitative estimate of drug-likeness (QED) is 0.514. The van der Waals surface area contributed by atoms with E-state index < -0.39 is 0 Å². The van der Waals surface area contributed by atoms with Crippen LogP contribution in [0.15, 0.2) is 36.4 Å². The number of aryl methyl sites for hydroxylation is 2. The second-order valence-corrected chi connectivity index (χ2v) is 7.13. The first-order chi connectivity index (χ1) is 13.5. The van der Waals surface area contributed by atoms with Gasteiger partial charge in [0.05, 0.1) is 13.7 Å². The van der Waals surface area contributed by atoms with Crippen LogP contribution in [0.1, 0.15) is 29.4 Å². The van der Waals surface area contributed by atoms with Gasteiger partial charge in [-0.05, 0) is 36.3 Å². The second kappa shape index (κ2) is 9.12. The van der Waals surface area contributed by atoms with Gasteiger partial charge in [0.15, 0.2) is 17.3 Å². The first kappa shape index (κ1) is 20.2. The van der Waals surface area contributed by atoms with E-state index in [1.54, 1.807) is 17.9 Å². The maximum absolute atomic E-state index is 6.48. The molecule has 0 fully saturated rings. The molecule has 0 unspecified atom stereocenters. The highest BCUT2D eigenvalue weighted by Gasteiger charge is 2.12. The van der Waals surface area contributed by atoms with Gasteiger partial charge in [-0.2, -0.15) is 5.10 Å². The molecule has 3 aromatic rings. The number of benzene rings is 2. The van der Waals surface area contributed by atoms with E-state index in [9.17, 15) is 0 Å². The van der Waals surface area contributed by atoms with E-state index in [4.69, 9.17) is 33.3 Å². The zero-order valence-corrected chi connectivity index (χ0v) is 17.7. The third kappa shape index (κ3) is 4.66. The number of nitrogens with one attached hydrogen (secondary N) is 2. The minimum Gasteiger partial charge on any atom is -0.493 e. The average molecular weight is 419 g/mol. The number of hydrogen-bond donors (Lipinski definition) is 2. The maximum atomic E-state index is 6.48. The van der Waals surface area contributed by atoms with Crippen LogP contribution in [0.5, 0.6) is 11.5 Å². The number of ether oxygens (including phenoxy) is 2. The molecular weight excluding hydrogens is 396 g/mol. The van der Waals surface area contributed by atoms with E-state index in [0.717, 1.165) is 23.4 Å². The number of nitrogens with zero attached hydrogens (tertiary/aromatic N) is 2. The van der Waals surface area contributed by atoms with Crippen LogP contribution in [-0.2, 0) is 19.6 Å². The van der Waals surface area contributed by atoms with Crippen molar-refractivity contribution in [3.05, 3.63) is 68.7 Å². The molecule has 0 atom stereocenters. The van der Waals surface area contributed by atoms with E-state index in [2.05, 4.69) is 34.7 Å². The Morgan fingerprint density at radius 1 is 1.21 bits per heavy atom. The smallest absolute Gasteiger partial charge is 0.214 e. The first-order valence-electron chi connectivity index (χ1n) is 8.96. The Labute approximate surface area is 174 Å². The first-order valence-corrected chi connectivity index (χ1v) is 9.75. The normalized spacial score (nSPS) is 10.7. The molecule has 0 saturated heterocycles. The molecule has 6 nitrogen and oxygen atoms in total. The number of aromatic amines is 1. The second-order valence-electron chi connectivity index (χ2n) is 6.34. The molecule has 0 aliphatic heterocycles. The Balaban J connectivity index is 1.74. The summed E-state index contributed by atoms with van der Waals surface area (Å²) < 4.78 is 13.7. The Bertz CT molecular complexity index is 998. The van der Waals surface area contributed by atoms with Crippen LogP contribution in [0.25, 0.3) is 0 Å². The van der Waals surface area contributed by atoms with Gasteiger partial charge in [0.25, 0.3) is 0 Å². The van der Waals surface area contributed by atoms with Crippen LogP contribution < -0.4 is 14.9 Å². The molecule has 8 heteroatoms. The predicted octanol–water partition coefficient (Wildman–Crippen LogP) is 4.80. The Hall–Kier alpha value is -2.51. The van der Waals surface area contributed by atoms with Gasteiger partial charge in [0.1, 0.15) is 6.61 Å². The highest BCUT2D eigenvalue weighted by atomic mass is 35.5. The minimum atomic E-state index is 0.439. The van der Waals surface area contributed by atoms with Gasteiger partial charge in [0.2, 0.25) is 4.77 Å². The topological polar surface area (TPSA) is 64.1 Å². The molecule has 3 rings (SSSR count). The summed E-state index contributed by atoms with van der Waals surface area (Å²) in [5.41, 5.74) is 6.40. The Kier molecular flexibility index (Phi) is 6.59. The van der Waals surface area contributed by atoms with Crippen molar-refractivity contribution in [1.29, 1.82) is 0 Å². The average Bonchev–Trinajstić information content (AvgIpc) is 3.06. The summed E-state index contributed by atoms with van der Waals surface area (Å²) in [5, 5.41) is 7.55. The van der Waals surface area contributed by atoms with E-state index in [1.165, 1.54) is 5.56 Å². The lowest BCUT2D eigenvalue weighted by Crippen LogP contribution is -2.17. The number of aromatic nitrogens is 3. The molecule has 0 radical (unpaired) electrons. The fraction of sp³-hybridized carbons (Fsp3) is 0.300. The molecule has 0 spiro atoms. The summed E-state index contributed by atoms with van der Waals surface area (Å²) in [6, 6.07) is 11.9. The van der Waals surface area contributed by atoms with E-state index in [0.29, 0.717) is 34.4 Å². The summed E-state index contributed by atoms with van der Waals surface area (Å²) in [7, 11) is 1.61. The van der Waals surface area contributed by atoms with Gasteiger partial charge in [-0.15, -0.1) is 0 Å². The maximum Gasteiger partial charge on any atom is 0.214 e. The molecule has 148 valence electrons. The molecule has 1 heterocycles. The highest BCUT2D eigenvalue weighted by molar-refractivity contribution is 7.71. The summed E-state index contributed by atoms with van der Waals surface area (Å²) >= 11 is 11.7. The van der Waals surface area contributed by atoms with Crippen molar-refractivity contribution < 1.29 is 9.47 Å². The standard InChI is InChI=1S/C20H23ClN4O2S/c1-4-19-23-24-20(28)25(19)22-11-15-9-17(26-3)18(10-16(15)21)27-12-14-7-5-13(2)6-8-14/h5-10,22H,4,11-12H2,1-3H3,(H,24,28). The molecule has 2 N–H and O–H groups in total. The third-order valence-corrected chi connectivity index (χ3v) is 4.96. The van der Waals surface area contributed by atoms with Crippen LogP contribution in [0.3, 0.4) is 0 Å². The van der Waals surface area contributed by atoms with Crippen molar-refractivity contribution >= 4 is 23.8 Å². The molecule has 0 aliphatic carbocycles. The monoisotopic (exact) mass is 418 g/mol. The Morgan fingerprint density at radius 2 is 1.96 bits per heavy atom. The molecule has 0 saturated carbocycles. The van der Waals surface area contributed by atoms with Crippen molar-refractivity contribution in [3.8, 4) is 11.5 Å². The van der Waals surface area contributed by atoms with Gasteiger partial charge >= 0.3 is 0 Å². The minimum absolute atomic E-state index is 0.439. The zero-order chi connectivity index (χ0) is 20.1. The molecule has 2 aromatic carbocycles. The van der Waals surface area contributed by atoms with Crippen molar-refractivity contribution in [2.75, 3.05) is 12.5 Å². The Morgan fingerprint density at radius 3 is 2.64 bits per heavy atom. The number of methoxy groups -OCH3 is 1. The van der Waals surface area contributed by atoms with Crippen molar-refractivity contribution in [2.45, 2.75) is 33.4 Å². The lowest BCUT2D eigenvalue weighted by molar-refractivity contribution is 0.284. The van der Waals surface area contributed by atoms with Crippen LogP contribution in [0.2, 0.25) is 5.02 Å². The van der Waals surface area contributed by atoms with Crippen molar-refractivity contribution in [1.82, 2.24) is 14.9 Å². The molecular formula is C20H23ClN4O2S. The third-order valence-electron chi connectivity index (χ3n) is 4.33. The van der Waals surface area contributed by atoms with Crippen LogP contribution in [-0.4, -0.2) is 22.0 Å². The van der Waals surface area contributed by atoms with Gasteiger partial charge in [0, 0.05) is 17.5 Å². The number of hydrogen-bond acceptors (Lipinski definition) is 5. The largest absolute Gasteiger partial charge is 0.493 e. The number of rotatable bonds is 8. The summed E-state index contributed by atoms with van der Waals surface area (Å²) in [6.45, 7) is 4.97. The van der Waals surface area contributed by atoms with Crippen LogP contribution in [0.4, 0.5) is 0 Å². The zero-order valence-electron chi connectivity index (χ0n) is 16.1. The molecule has 0 aliphatic rings. The van der Waals surface area contributed by atoms with Gasteiger partial charge in [-0.3, -0.25) is 5.10 Å². The lowest BCUT2D eigenvalue weighted by atomic mass is 10.1. The summed E-state index contributed by atoms with van der Waals surface area (Å²) in [4.78, 5) is 0. The number of halogens is 1. The van der Waals surface area contributed by atoms with Crippen LogP contribution >= 0.6 is 23.8 Å². The van der Waals surface area contributed by atoms with Crippen molar-refractivity contribution in [2.24, 2.45) is 0 Å². The van der Waals surface area contributed by atoms with Gasteiger partial charge in [-0.25, -0.2) is 4.68 Å². The van der Waals surface area contributed by atoms with Gasteiger partial charge in [-0.1, -0.05) is 48.4 Å². The molecule has 28 heavy (non-hydrogen) atoms. The SMILES string of the molecule is CCc1n[nH]c(=S)n1NCc1cc(OC)c(OCc2ccc(C)cc2)cc1Cl. The molecule has 0 amide bonds. The predicted molar refractivity (Wildman–Crippen MR) is 113 cm³/mol. The molecule has 0 bridgehead atoms. The fourth-order valence-electron chi connectivity index (χ4n) is 2.72.